The van der Waals surface area contributed by atoms with Crippen LogP contribution in [0.2, 0.25) is 0 Å². The van der Waals surface area contributed by atoms with Gasteiger partial charge in [0.05, 0.1) is 5.52 Å². The molecule has 2 N–H and O–H groups in total. The normalized spacial score (nSPS) is 24.4. The molecule has 1 amide bonds. The number of rotatable bonds is 1. The molecule has 0 bridgehead atoms. The first-order valence-electron chi connectivity index (χ1n) is 6.49. The summed E-state index contributed by atoms with van der Waals surface area (Å²) < 4.78 is 0. The van der Waals surface area contributed by atoms with E-state index in [9.17, 15) is 4.79 Å². The molecule has 2 aromatic heterocycles. The summed E-state index contributed by atoms with van der Waals surface area (Å²) in [5, 5.41) is 2.93. The van der Waals surface area contributed by atoms with Crippen molar-refractivity contribution < 1.29 is 4.79 Å². The van der Waals surface area contributed by atoms with Gasteiger partial charge < -0.3 is 10.3 Å². The molecule has 3 heterocycles. The first kappa shape index (κ1) is 11.2. The Hall–Kier alpha value is -2.69. The molecule has 1 saturated heterocycles. The Balaban J connectivity index is 1.82. The number of fused-ring (bicyclic) bond motifs is 2. The van der Waals surface area contributed by atoms with Gasteiger partial charge in [0, 0.05) is 17.8 Å². The fourth-order valence-corrected chi connectivity index (χ4v) is 2.73. The minimum atomic E-state index is -0.327. The maximum Gasteiger partial charge on any atom is 0.235 e. The molecule has 2 unspecified atom stereocenters. The highest BCUT2D eigenvalue weighted by molar-refractivity contribution is 5.90. The van der Waals surface area contributed by atoms with Crippen molar-refractivity contribution in [2.45, 2.75) is 5.92 Å². The van der Waals surface area contributed by atoms with Crippen molar-refractivity contribution in [3.63, 3.8) is 0 Å². The largest absolute Gasteiger partial charge is 0.340 e. The van der Waals surface area contributed by atoms with E-state index in [4.69, 9.17) is 0 Å². The van der Waals surface area contributed by atoms with Gasteiger partial charge in [0.2, 0.25) is 5.91 Å². The van der Waals surface area contributed by atoms with E-state index in [-0.39, 0.29) is 17.7 Å². The summed E-state index contributed by atoms with van der Waals surface area (Å²) in [7, 11) is 0. The molecule has 1 aliphatic carbocycles. The standard InChI is InChI=1S/C15H12N4O/c20-15-12(9-5-2-1-3-6-10(9)18-15)14-17-11-7-4-8-16-13(11)19-14/h1-9,12H,(H,18,20)(H,16,17,19). The highest BCUT2D eigenvalue weighted by atomic mass is 16.2. The van der Waals surface area contributed by atoms with Crippen LogP contribution in [0.15, 0.2) is 54.4 Å². The minimum Gasteiger partial charge on any atom is -0.340 e. The second-order valence-corrected chi connectivity index (χ2v) is 4.88. The molecule has 5 nitrogen and oxygen atoms in total. The SMILES string of the molecule is O=C1NC2=CC=CC=CC2C1c1nc2ncccc2[nH]1. The average Bonchev–Trinajstić information content (AvgIpc) is 2.92. The van der Waals surface area contributed by atoms with Crippen LogP contribution in [0.25, 0.3) is 11.2 Å². The number of aromatic amines is 1. The number of H-pyrrole nitrogens is 1. The Morgan fingerprint density at radius 1 is 1.20 bits per heavy atom. The zero-order valence-electron chi connectivity index (χ0n) is 10.6. The first-order valence-corrected chi connectivity index (χ1v) is 6.49. The molecular formula is C15H12N4O. The van der Waals surface area contributed by atoms with Crippen molar-refractivity contribution in [1.82, 2.24) is 20.3 Å². The summed E-state index contributed by atoms with van der Waals surface area (Å²) in [5.74, 6) is 0.307. The topological polar surface area (TPSA) is 70.7 Å². The van der Waals surface area contributed by atoms with Crippen molar-refractivity contribution in [2.24, 2.45) is 5.92 Å². The molecule has 5 heteroatoms. The summed E-state index contributed by atoms with van der Waals surface area (Å²) in [5.41, 5.74) is 2.41. The van der Waals surface area contributed by atoms with Gasteiger partial charge in [-0.05, 0) is 18.2 Å². The average molecular weight is 264 g/mol. The molecule has 0 aromatic carbocycles. The Morgan fingerprint density at radius 2 is 2.15 bits per heavy atom. The van der Waals surface area contributed by atoms with Crippen LogP contribution in [0.4, 0.5) is 0 Å². The van der Waals surface area contributed by atoms with E-state index in [1.54, 1.807) is 6.20 Å². The van der Waals surface area contributed by atoms with Gasteiger partial charge in [-0.3, -0.25) is 4.79 Å². The number of hydrogen-bond acceptors (Lipinski definition) is 3. The molecular weight excluding hydrogens is 252 g/mol. The number of hydrogen-bond donors (Lipinski definition) is 2. The van der Waals surface area contributed by atoms with Gasteiger partial charge in [-0.2, -0.15) is 0 Å². The van der Waals surface area contributed by atoms with Crippen LogP contribution in [-0.4, -0.2) is 20.9 Å². The molecule has 0 radical (unpaired) electrons. The summed E-state index contributed by atoms with van der Waals surface area (Å²) in [4.78, 5) is 24.1. The Labute approximate surface area is 115 Å². The number of nitrogens with one attached hydrogen (secondary N) is 2. The van der Waals surface area contributed by atoms with Crippen molar-refractivity contribution in [3.05, 3.63) is 60.2 Å². The van der Waals surface area contributed by atoms with E-state index in [0.29, 0.717) is 11.5 Å². The number of carbonyl (C=O) groups is 1. The van der Waals surface area contributed by atoms with Gasteiger partial charge in [0.1, 0.15) is 11.7 Å². The molecule has 0 spiro atoms. The van der Waals surface area contributed by atoms with E-state index in [2.05, 4.69) is 20.3 Å². The lowest BCUT2D eigenvalue weighted by atomic mass is 9.92. The summed E-state index contributed by atoms with van der Waals surface area (Å²) in [6.45, 7) is 0. The second kappa shape index (κ2) is 4.16. The van der Waals surface area contributed by atoms with Gasteiger partial charge in [0.25, 0.3) is 0 Å². The van der Waals surface area contributed by atoms with Crippen molar-refractivity contribution >= 4 is 17.1 Å². The summed E-state index contributed by atoms with van der Waals surface area (Å²) in [6, 6.07) is 3.76. The summed E-state index contributed by atoms with van der Waals surface area (Å²) >= 11 is 0. The van der Waals surface area contributed by atoms with Crippen LogP contribution in [-0.2, 0) is 4.79 Å². The highest BCUT2D eigenvalue weighted by Gasteiger charge is 2.40. The number of allylic oxidation sites excluding steroid dienone is 5. The zero-order chi connectivity index (χ0) is 13.5. The molecule has 2 aromatic rings. The van der Waals surface area contributed by atoms with Gasteiger partial charge in [-0.15, -0.1) is 0 Å². The number of imidazole rings is 1. The predicted molar refractivity (Wildman–Crippen MR) is 74.6 cm³/mol. The van der Waals surface area contributed by atoms with Gasteiger partial charge >= 0.3 is 0 Å². The van der Waals surface area contributed by atoms with Crippen LogP contribution < -0.4 is 5.32 Å². The lowest BCUT2D eigenvalue weighted by molar-refractivity contribution is -0.120. The number of pyridine rings is 1. The number of amides is 1. The number of carbonyl (C=O) groups excluding carboxylic acids is 1. The first-order chi connectivity index (χ1) is 9.83. The molecule has 98 valence electrons. The molecule has 4 rings (SSSR count). The zero-order valence-corrected chi connectivity index (χ0v) is 10.6. The van der Waals surface area contributed by atoms with E-state index < -0.39 is 0 Å². The van der Waals surface area contributed by atoms with Crippen molar-refractivity contribution in [3.8, 4) is 0 Å². The van der Waals surface area contributed by atoms with Gasteiger partial charge in [-0.1, -0.05) is 24.3 Å². The molecule has 2 atom stereocenters. The van der Waals surface area contributed by atoms with E-state index in [0.717, 1.165) is 11.2 Å². The van der Waals surface area contributed by atoms with E-state index in [1.807, 2.05) is 42.5 Å². The summed E-state index contributed by atoms with van der Waals surface area (Å²) in [6.07, 6.45) is 11.5. The molecule has 20 heavy (non-hydrogen) atoms. The molecule has 1 aliphatic heterocycles. The Morgan fingerprint density at radius 3 is 3.05 bits per heavy atom. The minimum absolute atomic E-state index is 0.00179. The third kappa shape index (κ3) is 1.60. The monoisotopic (exact) mass is 264 g/mol. The molecule has 0 saturated carbocycles. The van der Waals surface area contributed by atoms with Crippen molar-refractivity contribution in [1.29, 1.82) is 0 Å². The van der Waals surface area contributed by atoms with E-state index in [1.165, 1.54) is 0 Å². The molecule has 2 aliphatic rings. The third-order valence-electron chi connectivity index (χ3n) is 3.66. The van der Waals surface area contributed by atoms with Crippen LogP contribution in [0.3, 0.4) is 0 Å². The van der Waals surface area contributed by atoms with Crippen LogP contribution in [0.5, 0.6) is 0 Å². The number of aromatic nitrogens is 3. The molecule has 1 fully saturated rings. The van der Waals surface area contributed by atoms with Crippen molar-refractivity contribution in [2.75, 3.05) is 0 Å². The fraction of sp³-hybridized carbons (Fsp3) is 0.133. The maximum atomic E-state index is 12.2. The maximum absolute atomic E-state index is 12.2. The van der Waals surface area contributed by atoms with Crippen LogP contribution >= 0.6 is 0 Å². The number of nitrogens with zero attached hydrogens (tertiary/aromatic N) is 2. The highest BCUT2D eigenvalue weighted by Crippen LogP contribution is 2.36. The van der Waals surface area contributed by atoms with Gasteiger partial charge in [-0.25, -0.2) is 9.97 Å². The Bertz CT molecular complexity index is 751. The smallest absolute Gasteiger partial charge is 0.235 e. The van der Waals surface area contributed by atoms with Gasteiger partial charge in [0.15, 0.2) is 5.65 Å². The fourth-order valence-electron chi connectivity index (χ4n) is 2.73. The van der Waals surface area contributed by atoms with Crippen LogP contribution in [0, 0.1) is 5.92 Å². The predicted octanol–water partition coefficient (Wildman–Crippen LogP) is 1.80. The quantitative estimate of drug-likeness (QED) is 0.825. The third-order valence-corrected chi connectivity index (χ3v) is 3.66. The van der Waals surface area contributed by atoms with Crippen LogP contribution in [0.1, 0.15) is 11.7 Å². The lowest BCUT2D eigenvalue weighted by Crippen LogP contribution is -2.18. The van der Waals surface area contributed by atoms with E-state index >= 15 is 0 Å². The lowest BCUT2D eigenvalue weighted by Gasteiger charge is -2.10. The Kier molecular flexibility index (Phi) is 2.32. The second-order valence-electron chi connectivity index (χ2n) is 4.88.